The van der Waals surface area contributed by atoms with E-state index in [1.807, 2.05) is 19.2 Å². The average Bonchev–Trinajstić information content (AvgIpc) is 3.19. The predicted molar refractivity (Wildman–Crippen MR) is 117 cm³/mol. The van der Waals surface area contributed by atoms with Gasteiger partial charge >= 0.3 is 0 Å². The van der Waals surface area contributed by atoms with Crippen molar-refractivity contribution in [3.05, 3.63) is 52.9 Å². The van der Waals surface area contributed by atoms with E-state index < -0.39 is 5.60 Å². The van der Waals surface area contributed by atoms with Crippen LogP contribution in [-0.4, -0.2) is 26.6 Å². The van der Waals surface area contributed by atoms with Crippen LogP contribution in [0.3, 0.4) is 0 Å². The first-order chi connectivity index (χ1) is 13.9. The van der Waals surface area contributed by atoms with E-state index in [0.29, 0.717) is 18.4 Å². The fraction of sp³-hybridized carbons (Fsp3) is 0.409. The molecule has 4 N–H and O–H groups in total. The summed E-state index contributed by atoms with van der Waals surface area (Å²) in [5.74, 6) is 1.10. The number of nitrogens with zero attached hydrogens (tertiary/aromatic N) is 3. The molecule has 0 atom stereocenters. The van der Waals surface area contributed by atoms with Crippen molar-refractivity contribution in [3.63, 3.8) is 0 Å². The summed E-state index contributed by atoms with van der Waals surface area (Å²) in [4.78, 5) is 14.3. The van der Waals surface area contributed by atoms with Crippen molar-refractivity contribution in [1.29, 1.82) is 0 Å². The number of anilines is 2. The molecule has 1 aliphatic rings. The molecule has 2 aromatic heterocycles. The quantitative estimate of drug-likeness (QED) is 0.581. The van der Waals surface area contributed by atoms with Gasteiger partial charge in [-0.1, -0.05) is 6.07 Å². The topological polar surface area (TPSA) is 97.0 Å². The van der Waals surface area contributed by atoms with Gasteiger partial charge in [-0.3, -0.25) is 0 Å². The lowest BCUT2D eigenvalue weighted by Gasteiger charge is -2.34. The van der Waals surface area contributed by atoms with Gasteiger partial charge in [0.25, 0.3) is 0 Å². The minimum absolute atomic E-state index is 0.518. The maximum Gasteiger partial charge on any atom is 0.227 e. The van der Waals surface area contributed by atoms with Crippen molar-refractivity contribution in [2.75, 3.05) is 11.9 Å². The molecule has 152 valence electrons. The lowest BCUT2D eigenvalue weighted by Crippen LogP contribution is -2.33. The second kappa shape index (κ2) is 8.18. The summed E-state index contributed by atoms with van der Waals surface area (Å²) in [6.07, 6.45) is 6.99. The Morgan fingerprint density at radius 3 is 2.72 bits per heavy atom. The molecule has 0 radical (unpaired) electrons. The smallest absolute Gasteiger partial charge is 0.227 e. The normalized spacial score (nSPS) is 21.9. The summed E-state index contributed by atoms with van der Waals surface area (Å²) < 4.78 is 0. The van der Waals surface area contributed by atoms with Gasteiger partial charge in [0, 0.05) is 23.8 Å². The van der Waals surface area contributed by atoms with Crippen LogP contribution in [-0.2, 0) is 5.60 Å². The molecule has 0 unspecified atom stereocenters. The zero-order valence-corrected chi connectivity index (χ0v) is 17.7. The molecular formula is C22H27N5OS. The number of aromatic nitrogens is 3. The Balaban J connectivity index is 1.57. The zero-order chi connectivity index (χ0) is 20.4. The first-order valence-electron chi connectivity index (χ1n) is 10.0. The van der Waals surface area contributed by atoms with Crippen LogP contribution >= 0.6 is 11.3 Å². The van der Waals surface area contributed by atoms with Crippen molar-refractivity contribution in [2.24, 2.45) is 11.7 Å². The molecule has 29 heavy (non-hydrogen) atoms. The lowest BCUT2D eigenvalue weighted by atomic mass is 9.79. The fourth-order valence-corrected chi connectivity index (χ4v) is 4.91. The van der Waals surface area contributed by atoms with Crippen LogP contribution in [0.1, 0.15) is 41.9 Å². The highest BCUT2D eigenvalue weighted by Gasteiger charge is 2.37. The Labute approximate surface area is 175 Å². The van der Waals surface area contributed by atoms with Crippen LogP contribution in [0, 0.1) is 19.8 Å². The average molecular weight is 410 g/mol. The Kier molecular flexibility index (Phi) is 5.63. The number of benzene rings is 1. The molecule has 7 heteroatoms. The fourth-order valence-electron chi connectivity index (χ4n) is 3.86. The maximum atomic E-state index is 11.1. The molecule has 3 aromatic rings. The largest absolute Gasteiger partial charge is 0.383 e. The molecule has 2 heterocycles. The van der Waals surface area contributed by atoms with Gasteiger partial charge < -0.3 is 16.2 Å². The van der Waals surface area contributed by atoms with Crippen LogP contribution in [0.5, 0.6) is 0 Å². The van der Waals surface area contributed by atoms with Gasteiger partial charge in [-0.2, -0.15) is 0 Å². The minimum atomic E-state index is -0.825. The minimum Gasteiger partial charge on any atom is -0.383 e. The van der Waals surface area contributed by atoms with Gasteiger partial charge in [0.05, 0.1) is 4.88 Å². The Morgan fingerprint density at radius 1 is 1.21 bits per heavy atom. The number of aryl methyl sites for hydroxylation is 2. The Morgan fingerprint density at radius 2 is 2.00 bits per heavy atom. The van der Waals surface area contributed by atoms with E-state index in [2.05, 4.69) is 45.4 Å². The number of nitrogens with two attached hydrogens (primary N) is 1. The highest BCUT2D eigenvalue weighted by Crippen LogP contribution is 2.42. The highest BCUT2D eigenvalue weighted by atomic mass is 32.1. The van der Waals surface area contributed by atoms with Crippen LogP contribution in [0.2, 0.25) is 0 Å². The Hall–Kier alpha value is -2.35. The summed E-state index contributed by atoms with van der Waals surface area (Å²) in [5.41, 5.74) is 9.02. The first kappa shape index (κ1) is 19.9. The summed E-state index contributed by atoms with van der Waals surface area (Å²) in [6.45, 7) is 4.71. The third kappa shape index (κ3) is 4.47. The van der Waals surface area contributed by atoms with E-state index in [4.69, 9.17) is 5.73 Å². The molecule has 4 rings (SSSR count). The van der Waals surface area contributed by atoms with E-state index >= 15 is 0 Å². The molecule has 1 aliphatic carbocycles. The summed E-state index contributed by atoms with van der Waals surface area (Å²) >= 11 is 1.57. The number of hydrogen-bond donors (Lipinski definition) is 3. The Bertz CT molecular complexity index is 994. The number of nitrogens with one attached hydrogen (secondary N) is 1. The second-order valence-corrected chi connectivity index (χ2v) is 9.01. The lowest BCUT2D eigenvalue weighted by molar-refractivity contribution is -0.0132. The molecular weight excluding hydrogens is 382 g/mol. The second-order valence-electron chi connectivity index (χ2n) is 7.97. The van der Waals surface area contributed by atoms with Gasteiger partial charge in [-0.05, 0) is 81.3 Å². The van der Waals surface area contributed by atoms with Crippen LogP contribution in [0.15, 0.2) is 36.7 Å². The van der Waals surface area contributed by atoms with Crippen molar-refractivity contribution in [1.82, 2.24) is 15.0 Å². The molecule has 0 spiro atoms. The van der Waals surface area contributed by atoms with Gasteiger partial charge in [-0.15, -0.1) is 11.3 Å². The molecule has 0 amide bonds. The van der Waals surface area contributed by atoms with Crippen molar-refractivity contribution >= 4 is 23.0 Å². The molecule has 0 bridgehead atoms. The number of rotatable bonds is 5. The van der Waals surface area contributed by atoms with Crippen molar-refractivity contribution in [3.8, 4) is 10.4 Å². The molecule has 1 fully saturated rings. The number of thiazole rings is 1. The molecule has 0 aliphatic heterocycles. The van der Waals surface area contributed by atoms with Crippen LogP contribution in [0.25, 0.3) is 10.4 Å². The van der Waals surface area contributed by atoms with Gasteiger partial charge in [0.1, 0.15) is 10.6 Å². The number of aliphatic hydroxyl groups is 1. The van der Waals surface area contributed by atoms with Gasteiger partial charge in [-0.25, -0.2) is 15.0 Å². The zero-order valence-electron chi connectivity index (χ0n) is 16.9. The van der Waals surface area contributed by atoms with Crippen molar-refractivity contribution in [2.45, 2.75) is 45.1 Å². The van der Waals surface area contributed by atoms with E-state index in [9.17, 15) is 5.11 Å². The van der Waals surface area contributed by atoms with Crippen LogP contribution in [0.4, 0.5) is 11.6 Å². The molecule has 1 aromatic carbocycles. The summed E-state index contributed by atoms with van der Waals surface area (Å²) in [5, 5.41) is 15.2. The van der Waals surface area contributed by atoms with E-state index in [-0.39, 0.29) is 0 Å². The van der Waals surface area contributed by atoms with E-state index in [1.54, 1.807) is 17.5 Å². The standard InChI is InChI=1S/C22H27N5OS/c1-14-9-17(11-18(10-14)27-21-24-8-5-15(2)26-21)19-13-25-20(29-19)22(28)6-3-16(12-23)4-7-22/h5,8-11,13,16,28H,3-4,6-7,12,23H2,1-2H3,(H,24,26,27)/t16-,22-. The first-order valence-corrected chi connectivity index (χ1v) is 10.8. The monoisotopic (exact) mass is 409 g/mol. The third-order valence-corrected chi connectivity index (χ3v) is 6.82. The molecule has 6 nitrogen and oxygen atoms in total. The maximum absolute atomic E-state index is 11.1. The van der Waals surface area contributed by atoms with Crippen molar-refractivity contribution < 1.29 is 5.11 Å². The molecule has 0 saturated heterocycles. The third-order valence-electron chi connectivity index (χ3n) is 5.58. The summed E-state index contributed by atoms with van der Waals surface area (Å²) in [6, 6.07) is 8.15. The van der Waals surface area contributed by atoms with E-state index in [0.717, 1.165) is 58.1 Å². The highest BCUT2D eigenvalue weighted by molar-refractivity contribution is 7.15. The molecule has 1 saturated carbocycles. The van der Waals surface area contributed by atoms with Gasteiger partial charge in [0.15, 0.2) is 0 Å². The van der Waals surface area contributed by atoms with Crippen LogP contribution < -0.4 is 11.1 Å². The SMILES string of the molecule is Cc1cc(Nc2nccc(C)n2)cc(-c2cnc([C@]3(O)CC[C@H](CN)CC3)s2)c1. The van der Waals surface area contributed by atoms with E-state index in [1.165, 1.54) is 0 Å². The van der Waals surface area contributed by atoms with Gasteiger partial charge in [0.2, 0.25) is 5.95 Å². The number of hydrogen-bond acceptors (Lipinski definition) is 7. The predicted octanol–water partition coefficient (Wildman–Crippen LogP) is 4.30. The summed E-state index contributed by atoms with van der Waals surface area (Å²) in [7, 11) is 0.